The maximum Gasteiger partial charge on any atom is 0.254 e. The fourth-order valence-corrected chi connectivity index (χ4v) is 4.96. The minimum absolute atomic E-state index is 0.199. The van der Waals surface area contributed by atoms with E-state index in [0.717, 1.165) is 0 Å². The molecule has 0 aromatic heterocycles. The van der Waals surface area contributed by atoms with E-state index >= 15 is 0 Å². The molecule has 174 valence electrons. The van der Waals surface area contributed by atoms with Gasteiger partial charge in [0.25, 0.3) is 5.91 Å². The molecule has 10 heteroatoms. The van der Waals surface area contributed by atoms with Gasteiger partial charge < -0.3 is 23.8 Å². The van der Waals surface area contributed by atoms with E-state index < -0.39 is 10.0 Å². The largest absolute Gasteiger partial charge is 0.494 e. The van der Waals surface area contributed by atoms with Gasteiger partial charge in [0.15, 0.2) is 11.5 Å². The highest BCUT2D eigenvalue weighted by Gasteiger charge is 2.31. The summed E-state index contributed by atoms with van der Waals surface area (Å²) in [7, 11) is 0.802. The van der Waals surface area contributed by atoms with E-state index in [0.29, 0.717) is 35.2 Å². The Morgan fingerprint density at radius 2 is 1.47 bits per heavy atom. The van der Waals surface area contributed by atoms with Crippen LogP contribution >= 0.6 is 0 Å². The van der Waals surface area contributed by atoms with Crippen molar-refractivity contribution in [3.63, 3.8) is 0 Å². The van der Waals surface area contributed by atoms with E-state index in [2.05, 4.69) is 0 Å². The highest BCUT2D eigenvalue weighted by molar-refractivity contribution is 7.89. The van der Waals surface area contributed by atoms with Crippen molar-refractivity contribution in [2.75, 3.05) is 54.1 Å². The molecule has 1 fully saturated rings. The first kappa shape index (κ1) is 23.7. The Kier molecular flexibility index (Phi) is 7.47. The average molecular weight is 465 g/mol. The highest BCUT2D eigenvalue weighted by Crippen LogP contribution is 2.38. The summed E-state index contributed by atoms with van der Waals surface area (Å²) in [4.78, 5) is 14.9. The summed E-state index contributed by atoms with van der Waals surface area (Å²) in [5, 5.41) is 0. The van der Waals surface area contributed by atoms with E-state index in [-0.39, 0.29) is 37.0 Å². The number of amides is 1. The third kappa shape index (κ3) is 4.76. The number of hydrogen-bond acceptors (Lipinski definition) is 7. The molecule has 2 aromatic rings. The molecular weight excluding hydrogens is 436 g/mol. The van der Waals surface area contributed by atoms with Crippen molar-refractivity contribution < 1.29 is 32.2 Å². The molecule has 2 aromatic carbocycles. The van der Waals surface area contributed by atoms with Crippen LogP contribution in [0.5, 0.6) is 23.0 Å². The van der Waals surface area contributed by atoms with Gasteiger partial charge in [0, 0.05) is 31.7 Å². The summed E-state index contributed by atoms with van der Waals surface area (Å²) in [6, 6.07) is 9.53. The zero-order valence-corrected chi connectivity index (χ0v) is 19.5. The molecule has 0 N–H and O–H groups in total. The van der Waals surface area contributed by atoms with Crippen molar-refractivity contribution in [1.29, 1.82) is 0 Å². The van der Waals surface area contributed by atoms with Gasteiger partial charge in [-0.3, -0.25) is 4.79 Å². The van der Waals surface area contributed by atoms with Crippen molar-refractivity contribution in [2.45, 2.75) is 11.8 Å². The number of benzene rings is 2. The van der Waals surface area contributed by atoms with Crippen molar-refractivity contribution in [1.82, 2.24) is 9.21 Å². The Balaban J connectivity index is 1.72. The van der Waals surface area contributed by atoms with Crippen molar-refractivity contribution in [3.8, 4) is 23.0 Å². The maximum atomic E-state index is 13.1. The van der Waals surface area contributed by atoms with Gasteiger partial charge >= 0.3 is 0 Å². The van der Waals surface area contributed by atoms with Crippen molar-refractivity contribution >= 4 is 15.9 Å². The molecule has 1 aliphatic heterocycles. The van der Waals surface area contributed by atoms with Gasteiger partial charge in [-0.2, -0.15) is 4.31 Å². The number of rotatable bonds is 8. The number of nitrogens with zero attached hydrogens (tertiary/aromatic N) is 2. The van der Waals surface area contributed by atoms with Crippen LogP contribution in [0.15, 0.2) is 41.3 Å². The number of carbonyl (C=O) groups is 1. The van der Waals surface area contributed by atoms with Gasteiger partial charge in [0.1, 0.15) is 5.75 Å². The smallest absolute Gasteiger partial charge is 0.254 e. The van der Waals surface area contributed by atoms with E-state index in [1.807, 2.05) is 6.92 Å². The Morgan fingerprint density at radius 1 is 0.906 bits per heavy atom. The molecule has 0 radical (unpaired) electrons. The fraction of sp³-hybridized carbons (Fsp3) is 0.409. The molecule has 1 amide bonds. The van der Waals surface area contributed by atoms with Crippen molar-refractivity contribution in [2.24, 2.45) is 0 Å². The van der Waals surface area contributed by atoms with Gasteiger partial charge in [0.05, 0.1) is 32.8 Å². The standard InChI is InChI=1S/C22H28N2O7S/c1-5-31-17-6-8-18(9-7-17)32(26,27)24-12-10-23(11-13-24)22(25)16-14-19(28-2)21(30-4)20(15-16)29-3/h6-9,14-15H,5,10-13H2,1-4H3. The minimum Gasteiger partial charge on any atom is -0.494 e. The number of ether oxygens (including phenoxy) is 4. The number of carbonyl (C=O) groups excluding carboxylic acids is 1. The lowest BCUT2D eigenvalue weighted by Crippen LogP contribution is -2.50. The van der Waals surface area contributed by atoms with E-state index in [1.165, 1.54) is 37.8 Å². The molecule has 0 unspecified atom stereocenters. The van der Waals surface area contributed by atoms with Crippen LogP contribution in [0, 0.1) is 0 Å². The average Bonchev–Trinajstić information content (AvgIpc) is 2.83. The monoisotopic (exact) mass is 464 g/mol. The minimum atomic E-state index is -3.65. The van der Waals surface area contributed by atoms with Crippen LogP contribution in [0.4, 0.5) is 0 Å². The molecule has 9 nitrogen and oxygen atoms in total. The Hall–Kier alpha value is -2.98. The van der Waals surface area contributed by atoms with Crippen LogP contribution in [0.25, 0.3) is 0 Å². The molecule has 1 saturated heterocycles. The molecular formula is C22H28N2O7S. The summed E-state index contributed by atoms with van der Waals surface area (Å²) in [6.45, 7) is 3.31. The number of piperazine rings is 1. The van der Waals surface area contributed by atoms with Crippen LogP contribution in [0.3, 0.4) is 0 Å². The van der Waals surface area contributed by atoms with Gasteiger partial charge in [-0.05, 0) is 43.3 Å². The SMILES string of the molecule is CCOc1ccc(S(=O)(=O)N2CCN(C(=O)c3cc(OC)c(OC)c(OC)c3)CC2)cc1. The van der Waals surface area contributed by atoms with Gasteiger partial charge in [-0.25, -0.2) is 8.42 Å². The number of hydrogen-bond donors (Lipinski definition) is 0. The van der Waals surface area contributed by atoms with Crippen LogP contribution in [0.2, 0.25) is 0 Å². The lowest BCUT2D eigenvalue weighted by atomic mass is 10.1. The first-order chi connectivity index (χ1) is 15.3. The van der Waals surface area contributed by atoms with Crippen LogP contribution in [0.1, 0.15) is 17.3 Å². The van der Waals surface area contributed by atoms with Crippen LogP contribution < -0.4 is 18.9 Å². The molecule has 1 heterocycles. The Bertz CT molecular complexity index is 1020. The second kappa shape index (κ2) is 10.1. The zero-order valence-electron chi connectivity index (χ0n) is 18.7. The summed E-state index contributed by atoms with van der Waals surface area (Å²) in [6.07, 6.45) is 0. The lowest BCUT2D eigenvalue weighted by molar-refractivity contribution is 0.0697. The van der Waals surface area contributed by atoms with Crippen LogP contribution in [-0.2, 0) is 10.0 Å². The first-order valence-electron chi connectivity index (χ1n) is 10.2. The molecule has 0 saturated carbocycles. The normalized spacial score (nSPS) is 14.7. The molecule has 1 aliphatic rings. The molecule has 32 heavy (non-hydrogen) atoms. The van der Waals surface area contributed by atoms with Gasteiger partial charge in [0.2, 0.25) is 15.8 Å². The number of sulfonamides is 1. The van der Waals surface area contributed by atoms with Crippen LogP contribution in [-0.4, -0.2) is 77.6 Å². The van der Waals surface area contributed by atoms with E-state index in [4.69, 9.17) is 18.9 Å². The zero-order chi connectivity index (χ0) is 23.3. The second-order valence-electron chi connectivity index (χ2n) is 7.01. The topological polar surface area (TPSA) is 94.6 Å². The lowest BCUT2D eigenvalue weighted by Gasteiger charge is -2.34. The third-order valence-electron chi connectivity index (χ3n) is 5.21. The maximum absolute atomic E-state index is 13.1. The second-order valence-corrected chi connectivity index (χ2v) is 8.95. The Morgan fingerprint density at radius 3 is 1.94 bits per heavy atom. The Labute approximate surface area is 188 Å². The molecule has 0 spiro atoms. The molecule has 0 atom stereocenters. The quantitative estimate of drug-likeness (QED) is 0.591. The summed E-state index contributed by atoms with van der Waals surface area (Å²) < 4.78 is 48.6. The predicted octanol–water partition coefficient (Wildman–Crippen LogP) is 2.26. The van der Waals surface area contributed by atoms with Gasteiger partial charge in [-0.15, -0.1) is 0 Å². The fourth-order valence-electron chi connectivity index (χ4n) is 3.54. The van der Waals surface area contributed by atoms with Crippen molar-refractivity contribution in [3.05, 3.63) is 42.0 Å². The predicted molar refractivity (Wildman–Crippen MR) is 118 cm³/mol. The molecule has 3 rings (SSSR count). The highest BCUT2D eigenvalue weighted by atomic mass is 32.2. The van der Waals surface area contributed by atoms with E-state index in [1.54, 1.807) is 29.2 Å². The summed E-state index contributed by atoms with van der Waals surface area (Å²) >= 11 is 0. The summed E-state index contributed by atoms with van der Waals surface area (Å²) in [5.74, 6) is 1.55. The third-order valence-corrected chi connectivity index (χ3v) is 7.12. The molecule has 0 bridgehead atoms. The van der Waals surface area contributed by atoms with E-state index in [9.17, 15) is 13.2 Å². The molecule has 0 aliphatic carbocycles. The number of methoxy groups -OCH3 is 3. The van der Waals surface area contributed by atoms with Gasteiger partial charge in [-0.1, -0.05) is 0 Å². The summed E-state index contributed by atoms with van der Waals surface area (Å²) in [5.41, 5.74) is 0.377. The first-order valence-corrected chi connectivity index (χ1v) is 11.6.